The highest BCUT2D eigenvalue weighted by Gasteiger charge is 2.18. The van der Waals surface area contributed by atoms with Gasteiger partial charge in [0.15, 0.2) is 0 Å². The summed E-state index contributed by atoms with van der Waals surface area (Å²) in [6.45, 7) is 1.72. The van der Waals surface area contributed by atoms with Gasteiger partial charge < -0.3 is 10.0 Å². The van der Waals surface area contributed by atoms with Crippen LogP contribution in [0.3, 0.4) is 0 Å². The molecule has 0 atom stereocenters. The second-order valence-electron chi connectivity index (χ2n) is 5.10. The largest absolute Gasteiger partial charge is 0.393 e. The smallest absolute Gasteiger partial charge is 0.128 e. The molecule has 0 saturated carbocycles. The second-order valence-corrected chi connectivity index (χ2v) is 5.51. The van der Waals surface area contributed by atoms with E-state index in [1.54, 1.807) is 0 Å². The molecule has 1 saturated heterocycles. The standard InChI is InChI=1S/C16H17ClN2O/c17-15-4-2-1-3-14(15)12-5-6-16(18-11-12)19-9-7-13(20)8-10-19/h1-6,11,13,20H,7-10H2. The molecule has 104 valence electrons. The Morgan fingerprint density at radius 1 is 1.10 bits per heavy atom. The van der Waals surface area contributed by atoms with Crippen LogP contribution in [0.2, 0.25) is 5.02 Å². The number of pyridine rings is 1. The lowest BCUT2D eigenvalue weighted by Crippen LogP contribution is -2.36. The average molecular weight is 289 g/mol. The van der Waals surface area contributed by atoms with Gasteiger partial charge in [-0.3, -0.25) is 0 Å². The molecule has 3 nitrogen and oxygen atoms in total. The number of rotatable bonds is 2. The van der Waals surface area contributed by atoms with Crippen LogP contribution < -0.4 is 4.90 Å². The number of piperidine rings is 1. The number of hydrogen-bond donors (Lipinski definition) is 1. The fourth-order valence-corrected chi connectivity index (χ4v) is 2.77. The van der Waals surface area contributed by atoms with Crippen LogP contribution in [0, 0.1) is 0 Å². The molecule has 2 aromatic rings. The van der Waals surface area contributed by atoms with Gasteiger partial charge in [0.2, 0.25) is 0 Å². The zero-order valence-corrected chi connectivity index (χ0v) is 11.9. The molecule has 0 bridgehead atoms. The Kier molecular flexibility index (Phi) is 3.90. The highest BCUT2D eigenvalue weighted by Crippen LogP contribution is 2.28. The van der Waals surface area contributed by atoms with Gasteiger partial charge in [-0.15, -0.1) is 0 Å². The maximum absolute atomic E-state index is 9.54. The molecule has 1 aliphatic rings. The predicted octanol–water partition coefficient (Wildman–Crippen LogP) is 3.36. The Morgan fingerprint density at radius 3 is 2.50 bits per heavy atom. The Labute approximate surface area is 123 Å². The van der Waals surface area contributed by atoms with E-state index in [2.05, 4.69) is 16.0 Å². The van der Waals surface area contributed by atoms with E-state index in [0.29, 0.717) is 0 Å². The minimum absolute atomic E-state index is 0.159. The summed E-state index contributed by atoms with van der Waals surface area (Å²) in [4.78, 5) is 6.74. The van der Waals surface area contributed by atoms with Crippen molar-refractivity contribution in [3.05, 3.63) is 47.6 Å². The van der Waals surface area contributed by atoms with Crippen LogP contribution in [-0.4, -0.2) is 29.3 Å². The Balaban J connectivity index is 1.80. The van der Waals surface area contributed by atoms with Crippen molar-refractivity contribution in [3.8, 4) is 11.1 Å². The molecule has 0 radical (unpaired) electrons. The van der Waals surface area contributed by atoms with Crippen molar-refractivity contribution in [1.82, 2.24) is 4.98 Å². The van der Waals surface area contributed by atoms with Gasteiger partial charge in [-0.25, -0.2) is 4.98 Å². The van der Waals surface area contributed by atoms with E-state index in [9.17, 15) is 5.11 Å². The van der Waals surface area contributed by atoms with Crippen molar-refractivity contribution in [2.45, 2.75) is 18.9 Å². The minimum Gasteiger partial charge on any atom is -0.393 e. The average Bonchev–Trinajstić information content (AvgIpc) is 2.49. The number of aliphatic hydroxyl groups excluding tert-OH is 1. The van der Waals surface area contributed by atoms with E-state index in [1.807, 2.05) is 36.5 Å². The summed E-state index contributed by atoms with van der Waals surface area (Å²) in [5, 5.41) is 10.3. The highest BCUT2D eigenvalue weighted by molar-refractivity contribution is 6.33. The summed E-state index contributed by atoms with van der Waals surface area (Å²) in [6, 6.07) is 11.9. The highest BCUT2D eigenvalue weighted by atomic mass is 35.5. The Hall–Kier alpha value is -1.58. The number of anilines is 1. The molecule has 4 heteroatoms. The first kappa shape index (κ1) is 13.4. The van der Waals surface area contributed by atoms with Crippen LogP contribution in [0.15, 0.2) is 42.6 Å². The van der Waals surface area contributed by atoms with Crippen molar-refractivity contribution in [3.63, 3.8) is 0 Å². The van der Waals surface area contributed by atoms with E-state index < -0.39 is 0 Å². The van der Waals surface area contributed by atoms with Gasteiger partial charge in [-0.2, -0.15) is 0 Å². The molecule has 1 fully saturated rings. The van der Waals surface area contributed by atoms with Crippen molar-refractivity contribution in [2.75, 3.05) is 18.0 Å². The third kappa shape index (κ3) is 2.79. The Morgan fingerprint density at radius 2 is 1.85 bits per heavy atom. The lowest BCUT2D eigenvalue weighted by molar-refractivity contribution is 0.145. The van der Waals surface area contributed by atoms with Crippen LogP contribution >= 0.6 is 11.6 Å². The fraction of sp³-hybridized carbons (Fsp3) is 0.312. The molecule has 20 heavy (non-hydrogen) atoms. The summed E-state index contributed by atoms with van der Waals surface area (Å²) in [6.07, 6.45) is 3.33. The normalized spacial score (nSPS) is 16.4. The molecular formula is C16H17ClN2O. The van der Waals surface area contributed by atoms with Crippen molar-refractivity contribution < 1.29 is 5.11 Å². The summed E-state index contributed by atoms with van der Waals surface area (Å²) < 4.78 is 0. The number of halogens is 1. The molecule has 1 N–H and O–H groups in total. The quantitative estimate of drug-likeness (QED) is 0.920. The molecular weight excluding hydrogens is 272 g/mol. The van der Waals surface area contributed by atoms with Crippen LogP contribution in [0.4, 0.5) is 5.82 Å². The fourth-order valence-electron chi connectivity index (χ4n) is 2.52. The van der Waals surface area contributed by atoms with E-state index in [4.69, 9.17) is 11.6 Å². The van der Waals surface area contributed by atoms with Crippen molar-refractivity contribution in [2.24, 2.45) is 0 Å². The van der Waals surface area contributed by atoms with Gasteiger partial charge in [0, 0.05) is 35.4 Å². The topological polar surface area (TPSA) is 36.4 Å². The zero-order chi connectivity index (χ0) is 13.9. The van der Waals surface area contributed by atoms with Gasteiger partial charge in [-0.05, 0) is 31.0 Å². The molecule has 1 aliphatic heterocycles. The third-order valence-corrected chi connectivity index (χ3v) is 4.05. The van der Waals surface area contributed by atoms with E-state index in [1.165, 1.54) is 0 Å². The predicted molar refractivity (Wildman–Crippen MR) is 82.1 cm³/mol. The monoisotopic (exact) mass is 288 g/mol. The van der Waals surface area contributed by atoms with Crippen LogP contribution in [0.1, 0.15) is 12.8 Å². The number of aromatic nitrogens is 1. The van der Waals surface area contributed by atoms with Crippen molar-refractivity contribution >= 4 is 17.4 Å². The maximum Gasteiger partial charge on any atom is 0.128 e. The first-order valence-corrected chi connectivity index (χ1v) is 7.26. The second kappa shape index (κ2) is 5.81. The van der Waals surface area contributed by atoms with Crippen LogP contribution in [0.5, 0.6) is 0 Å². The molecule has 2 heterocycles. The number of nitrogens with zero attached hydrogens (tertiary/aromatic N) is 2. The van der Waals surface area contributed by atoms with Gasteiger partial charge in [0.25, 0.3) is 0 Å². The molecule has 3 rings (SSSR count). The first-order valence-electron chi connectivity index (χ1n) is 6.88. The first-order chi connectivity index (χ1) is 9.74. The third-order valence-electron chi connectivity index (χ3n) is 3.72. The van der Waals surface area contributed by atoms with Crippen LogP contribution in [-0.2, 0) is 0 Å². The molecule has 0 aliphatic carbocycles. The number of hydrogen-bond acceptors (Lipinski definition) is 3. The molecule has 0 amide bonds. The molecule has 1 aromatic carbocycles. The zero-order valence-electron chi connectivity index (χ0n) is 11.2. The molecule has 0 spiro atoms. The van der Waals surface area contributed by atoms with Crippen LogP contribution in [0.25, 0.3) is 11.1 Å². The maximum atomic E-state index is 9.54. The lowest BCUT2D eigenvalue weighted by Gasteiger charge is -2.30. The van der Waals surface area contributed by atoms with E-state index >= 15 is 0 Å². The molecule has 1 aromatic heterocycles. The van der Waals surface area contributed by atoms with Crippen molar-refractivity contribution in [1.29, 1.82) is 0 Å². The van der Waals surface area contributed by atoms with Gasteiger partial charge in [0.05, 0.1) is 6.10 Å². The SMILES string of the molecule is OC1CCN(c2ccc(-c3ccccc3Cl)cn2)CC1. The summed E-state index contributed by atoms with van der Waals surface area (Å²) in [5.41, 5.74) is 2.03. The lowest BCUT2D eigenvalue weighted by atomic mass is 10.1. The van der Waals surface area contributed by atoms with Gasteiger partial charge >= 0.3 is 0 Å². The molecule has 0 unspecified atom stereocenters. The van der Waals surface area contributed by atoms with Gasteiger partial charge in [-0.1, -0.05) is 29.8 Å². The van der Waals surface area contributed by atoms with E-state index in [0.717, 1.165) is 47.9 Å². The minimum atomic E-state index is -0.159. The summed E-state index contributed by atoms with van der Waals surface area (Å²) in [7, 11) is 0. The number of benzene rings is 1. The van der Waals surface area contributed by atoms with E-state index in [-0.39, 0.29) is 6.10 Å². The van der Waals surface area contributed by atoms with Gasteiger partial charge in [0.1, 0.15) is 5.82 Å². The Bertz CT molecular complexity index is 577. The summed E-state index contributed by atoms with van der Waals surface area (Å²) in [5.74, 6) is 0.965. The number of aliphatic hydroxyl groups is 1. The summed E-state index contributed by atoms with van der Waals surface area (Å²) >= 11 is 6.20.